The fourth-order valence-corrected chi connectivity index (χ4v) is 2.05. The second-order valence-corrected chi connectivity index (χ2v) is 5.20. The molecular formula is C14H9Cl3O3. The van der Waals surface area contributed by atoms with Gasteiger partial charge < -0.3 is 9.84 Å². The third kappa shape index (κ3) is 3.57. The van der Waals surface area contributed by atoms with E-state index < -0.39 is 5.97 Å². The summed E-state index contributed by atoms with van der Waals surface area (Å²) >= 11 is 17.7. The van der Waals surface area contributed by atoms with Crippen LogP contribution < -0.4 is 4.74 Å². The summed E-state index contributed by atoms with van der Waals surface area (Å²) in [4.78, 5) is 10.8. The van der Waals surface area contributed by atoms with Crippen LogP contribution in [0, 0.1) is 0 Å². The molecule has 0 heterocycles. The highest BCUT2D eigenvalue weighted by atomic mass is 35.5. The number of hydrogen-bond acceptors (Lipinski definition) is 2. The average Bonchev–Trinajstić information content (AvgIpc) is 2.41. The molecule has 0 atom stereocenters. The van der Waals surface area contributed by atoms with Crippen molar-refractivity contribution in [1.82, 2.24) is 0 Å². The lowest BCUT2D eigenvalue weighted by Crippen LogP contribution is -2.00. The first kappa shape index (κ1) is 15.0. The molecule has 0 aliphatic rings. The number of rotatable bonds is 4. The Morgan fingerprint density at radius 2 is 1.75 bits per heavy atom. The highest BCUT2D eigenvalue weighted by Crippen LogP contribution is 2.27. The van der Waals surface area contributed by atoms with Crippen molar-refractivity contribution in [3.05, 3.63) is 62.6 Å². The number of benzene rings is 2. The van der Waals surface area contributed by atoms with E-state index in [4.69, 9.17) is 44.6 Å². The number of carboxylic acid groups (broad SMARTS) is 1. The second kappa shape index (κ2) is 6.35. The van der Waals surface area contributed by atoms with Crippen LogP contribution in [0.1, 0.15) is 15.9 Å². The van der Waals surface area contributed by atoms with E-state index in [0.29, 0.717) is 26.4 Å². The molecule has 2 rings (SSSR count). The zero-order valence-electron chi connectivity index (χ0n) is 10.1. The summed E-state index contributed by atoms with van der Waals surface area (Å²) in [6, 6.07) is 9.40. The molecule has 0 aromatic heterocycles. The Morgan fingerprint density at radius 1 is 1.00 bits per heavy atom. The normalized spacial score (nSPS) is 10.3. The molecule has 2 aromatic rings. The van der Waals surface area contributed by atoms with E-state index in [1.165, 1.54) is 12.1 Å². The van der Waals surface area contributed by atoms with Gasteiger partial charge in [-0.15, -0.1) is 0 Å². The van der Waals surface area contributed by atoms with E-state index in [2.05, 4.69) is 0 Å². The van der Waals surface area contributed by atoms with Gasteiger partial charge in [0.25, 0.3) is 0 Å². The van der Waals surface area contributed by atoms with Crippen LogP contribution in [0.25, 0.3) is 0 Å². The fourth-order valence-electron chi connectivity index (χ4n) is 1.53. The van der Waals surface area contributed by atoms with Crippen molar-refractivity contribution in [1.29, 1.82) is 0 Å². The summed E-state index contributed by atoms with van der Waals surface area (Å²) < 4.78 is 5.53. The average molecular weight is 332 g/mol. The Labute approximate surface area is 130 Å². The fraction of sp³-hybridized carbons (Fsp3) is 0.0714. The molecule has 1 N–H and O–H groups in total. The lowest BCUT2D eigenvalue weighted by molar-refractivity contribution is 0.0697. The summed E-state index contributed by atoms with van der Waals surface area (Å²) in [5.41, 5.74) is 0.816. The van der Waals surface area contributed by atoms with Crippen molar-refractivity contribution in [2.75, 3.05) is 0 Å². The molecular weight excluding hydrogens is 323 g/mol. The molecule has 0 saturated heterocycles. The van der Waals surface area contributed by atoms with Crippen LogP contribution in [0.15, 0.2) is 36.4 Å². The minimum atomic E-state index is -1.02. The Balaban J connectivity index is 2.10. The number of aromatic carboxylic acids is 1. The van der Waals surface area contributed by atoms with Crippen LogP contribution in [-0.2, 0) is 6.61 Å². The molecule has 0 aliphatic carbocycles. The summed E-state index contributed by atoms with van der Waals surface area (Å²) in [6.07, 6.45) is 0. The van der Waals surface area contributed by atoms with Crippen molar-refractivity contribution in [3.8, 4) is 5.75 Å². The SMILES string of the molecule is O=C(O)c1ccc(COc2ccc(Cl)c(Cl)c2)c(Cl)c1. The van der Waals surface area contributed by atoms with Crippen molar-refractivity contribution in [2.24, 2.45) is 0 Å². The monoisotopic (exact) mass is 330 g/mol. The molecule has 0 bridgehead atoms. The van der Waals surface area contributed by atoms with Gasteiger partial charge in [-0.2, -0.15) is 0 Å². The lowest BCUT2D eigenvalue weighted by Gasteiger charge is -2.09. The van der Waals surface area contributed by atoms with E-state index >= 15 is 0 Å². The summed E-state index contributed by atoms with van der Waals surface area (Å²) in [7, 11) is 0. The first-order chi connectivity index (χ1) is 9.47. The zero-order chi connectivity index (χ0) is 14.7. The standard InChI is InChI=1S/C14H9Cl3O3/c15-11-4-3-10(6-13(11)17)20-7-9-2-1-8(14(18)19)5-12(9)16/h1-6H,7H2,(H,18,19). The highest BCUT2D eigenvalue weighted by Gasteiger charge is 2.08. The topological polar surface area (TPSA) is 46.5 Å². The number of carbonyl (C=O) groups is 1. The number of hydrogen-bond donors (Lipinski definition) is 1. The molecule has 0 unspecified atom stereocenters. The van der Waals surface area contributed by atoms with E-state index in [0.717, 1.165) is 0 Å². The predicted octanol–water partition coefficient (Wildman–Crippen LogP) is 4.92. The Bertz CT molecular complexity index is 656. The van der Waals surface area contributed by atoms with Gasteiger partial charge >= 0.3 is 5.97 Å². The summed E-state index contributed by atoms with van der Waals surface area (Å²) in [5, 5.41) is 10.0. The number of carboxylic acids is 1. The smallest absolute Gasteiger partial charge is 0.335 e. The molecule has 0 saturated carbocycles. The van der Waals surface area contributed by atoms with Gasteiger partial charge in [-0.05, 0) is 24.3 Å². The Kier molecular flexibility index (Phi) is 4.76. The van der Waals surface area contributed by atoms with Crippen LogP contribution in [0.3, 0.4) is 0 Å². The second-order valence-electron chi connectivity index (χ2n) is 3.98. The van der Waals surface area contributed by atoms with Crippen molar-refractivity contribution >= 4 is 40.8 Å². The van der Waals surface area contributed by atoms with Crippen LogP contribution in [0.5, 0.6) is 5.75 Å². The molecule has 0 spiro atoms. The van der Waals surface area contributed by atoms with Crippen molar-refractivity contribution in [2.45, 2.75) is 6.61 Å². The van der Waals surface area contributed by atoms with Crippen molar-refractivity contribution < 1.29 is 14.6 Å². The third-order valence-electron chi connectivity index (χ3n) is 2.59. The summed E-state index contributed by atoms with van der Waals surface area (Å²) in [6.45, 7) is 0.205. The van der Waals surface area contributed by atoms with E-state index in [1.54, 1.807) is 24.3 Å². The Hall–Kier alpha value is -1.42. The van der Waals surface area contributed by atoms with E-state index in [9.17, 15) is 4.79 Å². The van der Waals surface area contributed by atoms with Gasteiger partial charge in [0.2, 0.25) is 0 Å². The molecule has 6 heteroatoms. The van der Waals surface area contributed by atoms with Crippen LogP contribution in [0.4, 0.5) is 0 Å². The molecule has 0 radical (unpaired) electrons. The maximum atomic E-state index is 10.8. The van der Waals surface area contributed by atoms with Gasteiger partial charge in [0.05, 0.1) is 15.6 Å². The third-order valence-corrected chi connectivity index (χ3v) is 3.68. The highest BCUT2D eigenvalue weighted by molar-refractivity contribution is 6.42. The van der Waals surface area contributed by atoms with Crippen LogP contribution >= 0.6 is 34.8 Å². The predicted molar refractivity (Wildman–Crippen MR) is 79.2 cm³/mol. The molecule has 0 amide bonds. The van der Waals surface area contributed by atoms with Gasteiger partial charge in [0.1, 0.15) is 12.4 Å². The van der Waals surface area contributed by atoms with Gasteiger partial charge in [-0.1, -0.05) is 40.9 Å². The molecule has 0 aliphatic heterocycles. The number of ether oxygens (including phenoxy) is 1. The maximum absolute atomic E-state index is 10.8. The quantitative estimate of drug-likeness (QED) is 0.864. The van der Waals surface area contributed by atoms with Gasteiger partial charge in [-0.3, -0.25) is 0 Å². The molecule has 104 valence electrons. The molecule has 0 fully saturated rings. The van der Waals surface area contributed by atoms with Crippen LogP contribution in [0.2, 0.25) is 15.1 Å². The largest absolute Gasteiger partial charge is 0.489 e. The Morgan fingerprint density at radius 3 is 2.35 bits per heavy atom. The minimum Gasteiger partial charge on any atom is -0.489 e. The maximum Gasteiger partial charge on any atom is 0.335 e. The molecule has 20 heavy (non-hydrogen) atoms. The summed E-state index contributed by atoms with van der Waals surface area (Å²) in [5.74, 6) is -0.471. The zero-order valence-corrected chi connectivity index (χ0v) is 12.3. The van der Waals surface area contributed by atoms with E-state index in [-0.39, 0.29) is 12.2 Å². The van der Waals surface area contributed by atoms with E-state index in [1.807, 2.05) is 0 Å². The van der Waals surface area contributed by atoms with Gasteiger partial charge in [0, 0.05) is 16.7 Å². The minimum absolute atomic E-state index is 0.133. The molecule has 3 nitrogen and oxygen atoms in total. The van der Waals surface area contributed by atoms with Gasteiger partial charge in [0.15, 0.2) is 0 Å². The number of halogens is 3. The first-order valence-electron chi connectivity index (χ1n) is 5.57. The molecule has 2 aromatic carbocycles. The van der Waals surface area contributed by atoms with Crippen LogP contribution in [-0.4, -0.2) is 11.1 Å². The van der Waals surface area contributed by atoms with Crippen molar-refractivity contribution in [3.63, 3.8) is 0 Å². The first-order valence-corrected chi connectivity index (χ1v) is 6.70. The lowest BCUT2D eigenvalue weighted by atomic mass is 10.1. The van der Waals surface area contributed by atoms with Gasteiger partial charge in [-0.25, -0.2) is 4.79 Å².